The van der Waals surface area contributed by atoms with Gasteiger partial charge in [-0.15, -0.1) is 12.4 Å². The van der Waals surface area contributed by atoms with Gasteiger partial charge < -0.3 is 15.4 Å². The SMILES string of the molecule is Cl.O=C(NCCCOC1CCCc2ccccc21)C1CCNCC1. The third-order valence-electron chi connectivity index (χ3n) is 4.96. The van der Waals surface area contributed by atoms with Crippen LogP contribution < -0.4 is 10.6 Å². The van der Waals surface area contributed by atoms with E-state index in [9.17, 15) is 4.79 Å². The Morgan fingerprint density at radius 1 is 1.21 bits per heavy atom. The largest absolute Gasteiger partial charge is 0.373 e. The molecule has 1 atom stereocenters. The second kappa shape index (κ2) is 10.0. The lowest BCUT2D eigenvalue weighted by Gasteiger charge is -2.26. The fourth-order valence-corrected chi connectivity index (χ4v) is 3.62. The number of aryl methyl sites for hydroxylation is 1. The van der Waals surface area contributed by atoms with Gasteiger partial charge in [-0.25, -0.2) is 0 Å². The van der Waals surface area contributed by atoms with Crippen LogP contribution in [-0.2, 0) is 16.0 Å². The van der Waals surface area contributed by atoms with Crippen molar-refractivity contribution in [2.45, 2.75) is 44.6 Å². The van der Waals surface area contributed by atoms with Crippen molar-refractivity contribution in [3.8, 4) is 0 Å². The van der Waals surface area contributed by atoms with Crippen LogP contribution in [0.2, 0.25) is 0 Å². The molecule has 1 aromatic rings. The summed E-state index contributed by atoms with van der Waals surface area (Å²) in [7, 11) is 0. The molecule has 1 aromatic carbocycles. The highest BCUT2D eigenvalue weighted by Gasteiger charge is 2.21. The van der Waals surface area contributed by atoms with Gasteiger partial charge in [0.25, 0.3) is 0 Å². The maximum atomic E-state index is 12.0. The van der Waals surface area contributed by atoms with Crippen LogP contribution in [0.15, 0.2) is 24.3 Å². The molecule has 134 valence electrons. The number of amides is 1. The van der Waals surface area contributed by atoms with Crippen molar-refractivity contribution in [3.63, 3.8) is 0 Å². The Balaban J connectivity index is 0.00000208. The second-order valence-corrected chi connectivity index (χ2v) is 6.62. The normalized spacial score (nSPS) is 20.8. The number of fused-ring (bicyclic) bond motifs is 1. The molecule has 5 heteroatoms. The number of hydrogen-bond acceptors (Lipinski definition) is 3. The monoisotopic (exact) mass is 352 g/mol. The van der Waals surface area contributed by atoms with Crippen molar-refractivity contribution in [3.05, 3.63) is 35.4 Å². The van der Waals surface area contributed by atoms with Gasteiger partial charge in [0.05, 0.1) is 6.10 Å². The quantitative estimate of drug-likeness (QED) is 0.774. The first kappa shape index (κ1) is 19.2. The summed E-state index contributed by atoms with van der Waals surface area (Å²) in [6.07, 6.45) is 6.52. The van der Waals surface area contributed by atoms with Crippen molar-refractivity contribution in [2.24, 2.45) is 5.92 Å². The van der Waals surface area contributed by atoms with Crippen LogP contribution in [0, 0.1) is 5.92 Å². The van der Waals surface area contributed by atoms with E-state index in [1.54, 1.807) is 0 Å². The summed E-state index contributed by atoms with van der Waals surface area (Å²) >= 11 is 0. The zero-order valence-electron chi connectivity index (χ0n) is 14.3. The molecule has 1 amide bonds. The second-order valence-electron chi connectivity index (χ2n) is 6.62. The van der Waals surface area contributed by atoms with Crippen molar-refractivity contribution in [2.75, 3.05) is 26.2 Å². The molecule has 2 aliphatic rings. The highest BCUT2D eigenvalue weighted by atomic mass is 35.5. The summed E-state index contributed by atoms with van der Waals surface area (Å²) in [5.41, 5.74) is 2.79. The predicted molar refractivity (Wildman–Crippen MR) is 98.5 cm³/mol. The van der Waals surface area contributed by atoms with E-state index < -0.39 is 0 Å². The Hall–Kier alpha value is -1.10. The fourth-order valence-electron chi connectivity index (χ4n) is 3.62. The molecule has 1 aliphatic carbocycles. The number of benzene rings is 1. The third kappa shape index (κ3) is 5.20. The van der Waals surface area contributed by atoms with Gasteiger partial charge >= 0.3 is 0 Å². The lowest BCUT2D eigenvalue weighted by Crippen LogP contribution is -2.38. The molecule has 3 rings (SSSR count). The molecule has 2 N–H and O–H groups in total. The van der Waals surface area contributed by atoms with E-state index in [1.807, 2.05) is 0 Å². The highest BCUT2D eigenvalue weighted by molar-refractivity contribution is 5.85. The van der Waals surface area contributed by atoms with Crippen LogP contribution in [0.1, 0.15) is 49.3 Å². The van der Waals surface area contributed by atoms with E-state index in [4.69, 9.17) is 4.74 Å². The first-order valence-electron chi connectivity index (χ1n) is 9.02. The minimum Gasteiger partial charge on any atom is -0.373 e. The number of carbonyl (C=O) groups excluding carboxylic acids is 1. The van der Waals surface area contributed by atoms with Gasteiger partial charge in [-0.3, -0.25) is 4.79 Å². The molecule has 1 fully saturated rings. The van der Waals surface area contributed by atoms with Crippen molar-refractivity contribution in [1.82, 2.24) is 10.6 Å². The van der Waals surface area contributed by atoms with E-state index in [1.165, 1.54) is 24.0 Å². The van der Waals surface area contributed by atoms with E-state index in [0.29, 0.717) is 6.61 Å². The molecule has 0 bridgehead atoms. The lowest BCUT2D eigenvalue weighted by molar-refractivity contribution is -0.125. The molecular formula is C19H29ClN2O2. The zero-order valence-corrected chi connectivity index (χ0v) is 15.1. The van der Waals surface area contributed by atoms with E-state index in [0.717, 1.165) is 45.3 Å². The minimum absolute atomic E-state index is 0. The summed E-state index contributed by atoms with van der Waals surface area (Å²) in [6, 6.07) is 8.61. The number of piperidine rings is 1. The highest BCUT2D eigenvalue weighted by Crippen LogP contribution is 2.32. The third-order valence-corrected chi connectivity index (χ3v) is 4.96. The maximum absolute atomic E-state index is 12.0. The first-order chi connectivity index (χ1) is 11.3. The van der Waals surface area contributed by atoms with Gasteiger partial charge in [-0.05, 0) is 62.7 Å². The topological polar surface area (TPSA) is 50.4 Å². The summed E-state index contributed by atoms with van der Waals surface area (Å²) < 4.78 is 6.08. The minimum atomic E-state index is 0. The molecule has 1 heterocycles. The number of halogens is 1. The Labute approximate surface area is 151 Å². The smallest absolute Gasteiger partial charge is 0.223 e. The number of carbonyl (C=O) groups is 1. The average Bonchev–Trinajstić information content (AvgIpc) is 2.62. The first-order valence-corrected chi connectivity index (χ1v) is 9.02. The number of nitrogens with one attached hydrogen (secondary N) is 2. The number of hydrogen-bond donors (Lipinski definition) is 2. The molecule has 24 heavy (non-hydrogen) atoms. The Kier molecular flexibility index (Phi) is 8.03. The Morgan fingerprint density at radius 2 is 2.00 bits per heavy atom. The van der Waals surface area contributed by atoms with Crippen LogP contribution in [-0.4, -0.2) is 32.1 Å². The summed E-state index contributed by atoms with van der Waals surface area (Å²) in [4.78, 5) is 12.0. The molecule has 1 aliphatic heterocycles. The van der Waals surface area contributed by atoms with E-state index in [-0.39, 0.29) is 30.3 Å². The summed E-state index contributed by atoms with van der Waals surface area (Å²) in [5, 5.41) is 6.35. The van der Waals surface area contributed by atoms with Crippen molar-refractivity contribution >= 4 is 18.3 Å². The summed E-state index contributed by atoms with van der Waals surface area (Å²) in [5.74, 6) is 0.414. The van der Waals surface area contributed by atoms with Crippen molar-refractivity contribution < 1.29 is 9.53 Å². The van der Waals surface area contributed by atoms with Crippen LogP contribution in [0.3, 0.4) is 0 Å². The molecule has 1 unspecified atom stereocenters. The molecule has 4 nitrogen and oxygen atoms in total. The van der Waals surface area contributed by atoms with Crippen molar-refractivity contribution in [1.29, 1.82) is 0 Å². The molecule has 0 radical (unpaired) electrons. The van der Waals surface area contributed by atoms with E-state index >= 15 is 0 Å². The van der Waals surface area contributed by atoms with Crippen LogP contribution in [0.5, 0.6) is 0 Å². The van der Waals surface area contributed by atoms with Gasteiger partial charge in [0.15, 0.2) is 0 Å². The van der Waals surface area contributed by atoms with Crippen LogP contribution in [0.4, 0.5) is 0 Å². The van der Waals surface area contributed by atoms with Crippen LogP contribution >= 0.6 is 12.4 Å². The Morgan fingerprint density at radius 3 is 2.83 bits per heavy atom. The number of ether oxygens (including phenoxy) is 1. The van der Waals surface area contributed by atoms with Gasteiger partial charge in [0.2, 0.25) is 5.91 Å². The Bertz CT molecular complexity index is 518. The maximum Gasteiger partial charge on any atom is 0.223 e. The van der Waals surface area contributed by atoms with Gasteiger partial charge in [-0.1, -0.05) is 24.3 Å². The van der Waals surface area contributed by atoms with Gasteiger partial charge in [0, 0.05) is 19.1 Å². The van der Waals surface area contributed by atoms with Gasteiger partial charge in [-0.2, -0.15) is 0 Å². The number of rotatable bonds is 6. The van der Waals surface area contributed by atoms with Crippen LogP contribution in [0.25, 0.3) is 0 Å². The van der Waals surface area contributed by atoms with Gasteiger partial charge in [0.1, 0.15) is 0 Å². The average molecular weight is 353 g/mol. The molecular weight excluding hydrogens is 324 g/mol. The lowest BCUT2D eigenvalue weighted by atomic mass is 9.89. The molecule has 0 saturated carbocycles. The van der Waals surface area contributed by atoms with E-state index in [2.05, 4.69) is 34.9 Å². The standard InChI is InChI=1S/C19H28N2O2.ClH/c22-19(16-9-12-20-13-10-16)21-11-4-14-23-18-8-3-6-15-5-1-2-7-17(15)18;/h1-2,5,7,16,18,20H,3-4,6,8-14H2,(H,21,22);1H. The molecule has 0 spiro atoms. The summed E-state index contributed by atoms with van der Waals surface area (Å²) in [6.45, 7) is 3.35. The predicted octanol–water partition coefficient (Wildman–Crippen LogP) is 3.01. The molecule has 0 aromatic heterocycles. The fraction of sp³-hybridized carbons (Fsp3) is 0.632. The molecule has 1 saturated heterocycles. The zero-order chi connectivity index (χ0) is 15.9.